The number of rotatable bonds is 5. The summed E-state index contributed by atoms with van der Waals surface area (Å²) >= 11 is 5.11. The van der Waals surface area contributed by atoms with E-state index in [0.717, 1.165) is 4.47 Å². The Morgan fingerprint density at radius 3 is 2.81 bits per heavy atom. The number of thiophene rings is 1. The third kappa shape index (κ3) is 3.37. The summed E-state index contributed by atoms with van der Waals surface area (Å²) in [5.74, 6) is 1.46. The molecule has 0 bridgehead atoms. The van der Waals surface area contributed by atoms with Crippen molar-refractivity contribution in [3.63, 3.8) is 0 Å². The SMILES string of the molecule is CNc1nc(NCc2cc(Br)cs2)nc(-n2cccn2)n1. The van der Waals surface area contributed by atoms with Crippen LogP contribution in [0.1, 0.15) is 4.88 Å². The highest BCUT2D eigenvalue weighted by molar-refractivity contribution is 9.10. The summed E-state index contributed by atoms with van der Waals surface area (Å²) in [7, 11) is 1.77. The van der Waals surface area contributed by atoms with E-state index < -0.39 is 0 Å². The Bertz CT molecular complexity index is 725. The third-order valence-electron chi connectivity index (χ3n) is 2.60. The molecule has 0 saturated heterocycles. The van der Waals surface area contributed by atoms with Crippen LogP contribution >= 0.6 is 27.3 Å². The predicted octanol–water partition coefficient (Wildman–Crippen LogP) is 2.54. The van der Waals surface area contributed by atoms with E-state index in [0.29, 0.717) is 24.4 Å². The Labute approximate surface area is 133 Å². The lowest BCUT2D eigenvalue weighted by Gasteiger charge is -2.07. The molecule has 0 saturated carbocycles. The topological polar surface area (TPSA) is 80.5 Å². The zero-order valence-corrected chi connectivity index (χ0v) is 13.5. The molecule has 0 aliphatic heterocycles. The highest BCUT2D eigenvalue weighted by Crippen LogP contribution is 2.20. The summed E-state index contributed by atoms with van der Waals surface area (Å²) in [5.41, 5.74) is 0. The van der Waals surface area contributed by atoms with Gasteiger partial charge in [-0.3, -0.25) is 0 Å². The number of nitrogens with one attached hydrogen (secondary N) is 2. The molecule has 0 aromatic carbocycles. The number of hydrogen-bond donors (Lipinski definition) is 2. The summed E-state index contributed by atoms with van der Waals surface area (Å²) < 4.78 is 2.67. The fourth-order valence-electron chi connectivity index (χ4n) is 1.66. The van der Waals surface area contributed by atoms with Crippen molar-refractivity contribution in [2.75, 3.05) is 17.7 Å². The van der Waals surface area contributed by atoms with Crippen LogP contribution in [-0.2, 0) is 6.54 Å². The Kier molecular flexibility index (Phi) is 4.11. The minimum Gasteiger partial charge on any atom is -0.357 e. The molecule has 0 fully saturated rings. The van der Waals surface area contributed by atoms with Crippen LogP contribution in [0.25, 0.3) is 5.95 Å². The lowest BCUT2D eigenvalue weighted by Crippen LogP contribution is -2.11. The van der Waals surface area contributed by atoms with Crippen LogP contribution in [0.4, 0.5) is 11.9 Å². The van der Waals surface area contributed by atoms with Gasteiger partial charge in [0.1, 0.15) is 0 Å². The molecule has 0 unspecified atom stereocenters. The van der Waals surface area contributed by atoms with Gasteiger partial charge in [0.05, 0.1) is 6.54 Å². The Hall–Kier alpha value is -2.00. The van der Waals surface area contributed by atoms with Crippen molar-refractivity contribution in [3.8, 4) is 5.95 Å². The second-order valence-corrected chi connectivity index (χ2v) is 5.98. The molecule has 0 radical (unpaired) electrons. The fourth-order valence-corrected chi connectivity index (χ4v) is 3.05. The molecule has 7 nitrogen and oxygen atoms in total. The van der Waals surface area contributed by atoms with Crippen LogP contribution in [-0.4, -0.2) is 31.8 Å². The van der Waals surface area contributed by atoms with Gasteiger partial charge >= 0.3 is 0 Å². The highest BCUT2D eigenvalue weighted by Gasteiger charge is 2.08. The maximum absolute atomic E-state index is 4.37. The van der Waals surface area contributed by atoms with Gasteiger partial charge in [-0.15, -0.1) is 11.3 Å². The van der Waals surface area contributed by atoms with E-state index in [1.165, 1.54) is 4.88 Å². The first-order chi connectivity index (χ1) is 10.2. The second kappa shape index (κ2) is 6.19. The first kappa shape index (κ1) is 14.0. The first-order valence-electron chi connectivity index (χ1n) is 6.15. The molecule has 108 valence electrons. The van der Waals surface area contributed by atoms with Crippen molar-refractivity contribution in [2.24, 2.45) is 0 Å². The van der Waals surface area contributed by atoms with Gasteiger partial charge in [0.2, 0.25) is 11.9 Å². The molecule has 0 aliphatic carbocycles. The zero-order chi connectivity index (χ0) is 14.7. The van der Waals surface area contributed by atoms with E-state index in [9.17, 15) is 0 Å². The van der Waals surface area contributed by atoms with Gasteiger partial charge in [-0.2, -0.15) is 20.1 Å². The summed E-state index contributed by atoms with van der Waals surface area (Å²) in [6.07, 6.45) is 3.47. The van der Waals surface area contributed by atoms with Crippen molar-refractivity contribution in [1.82, 2.24) is 24.7 Å². The molecule has 3 aromatic rings. The molecule has 9 heteroatoms. The van der Waals surface area contributed by atoms with E-state index in [2.05, 4.69) is 52.7 Å². The Morgan fingerprint density at radius 2 is 2.14 bits per heavy atom. The van der Waals surface area contributed by atoms with Crippen LogP contribution in [0, 0.1) is 0 Å². The second-order valence-electron chi connectivity index (χ2n) is 4.07. The lowest BCUT2D eigenvalue weighted by atomic mass is 10.5. The minimum absolute atomic E-state index is 0.467. The van der Waals surface area contributed by atoms with Gasteiger partial charge in [-0.25, -0.2) is 4.68 Å². The lowest BCUT2D eigenvalue weighted by molar-refractivity contribution is 0.797. The molecule has 3 rings (SSSR count). The summed E-state index contributed by atoms with van der Waals surface area (Å²) in [6, 6.07) is 3.88. The van der Waals surface area contributed by atoms with E-state index in [1.807, 2.05) is 11.4 Å². The smallest absolute Gasteiger partial charge is 0.257 e. The molecule has 3 aromatic heterocycles. The molecule has 21 heavy (non-hydrogen) atoms. The minimum atomic E-state index is 0.467. The van der Waals surface area contributed by atoms with E-state index in [-0.39, 0.29) is 0 Å². The van der Waals surface area contributed by atoms with Crippen molar-refractivity contribution in [1.29, 1.82) is 0 Å². The quantitative estimate of drug-likeness (QED) is 0.722. The standard InChI is InChI=1S/C12H12BrN7S/c1-14-10-17-11(15-6-9-5-8(13)7-21-9)19-12(18-10)20-4-2-3-16-20/h2-5,7H,6H2,1H3,(H2,14,15,17,18,19). The number of anilines is 2. The highest BCUT2D eigenvalue weighted by atomic mass is 79.9. The fraction of sp³-hybridized carbons (Fsp3) is 0.167. The molecule has 0 amide bonds. The maximum Gasteiger partial charge on any atom is 0.257 e. The van der Waals surface area contributed by atoms with Crippen molar-refractivity contribution < 1.29 is 0 Å². The zero-order valence-electron chi connectivity index (χ0n) is 11.1. The average Bonchev–Trinajstić information content (AvgIpc) is 3.16. The van der Waals surface area contributed by atoms with Gasteiger partial charge in [0.15, 0.2) is 0 Å². The van der Waals surface area contributed by atoms with Gasteiger partial charge in [-0.05, 0) is 28.1 Å². The van der Waals surface area contributed by atoms with Gasteiger partial charge < -0.3 is 10.6 Å². The molecule has 2 N–H and O–H groups in total. The summed E-state index contributed by atoms with van der Waals surface area (Å²) in [5, 5.41) is 12.3. The third-order valence-corrected chi connectivity index (χ3v) is 4.30. The molecule has 3 heterocycles. The van der Waals surface area contributed by atoms with Gasteiger partial charge in [-0.1, -0.05) is 0 Å². The monoisotopic (exact) mass is 365 g/mol. The largest absolute Gasteiger partial charge is 0.357 e. The van der Waals surface area contributed by atoms with Crippen LogP contribution in [0.3, 0.4) is 0 Å². The van der Waals surface area contributed by atoms with Crippen molar-refractivity contribution in [3.05, 3.63) is 39.3 Å². The normalized spacial score (nSPS) is 10.6. The molecular formula is C12H12BrN7S. The number of nitrogens with zero attached hydrogens (tertiary/aromatic N) is 5. The summed E-state index contributed by atoms with van der Waals surface area (Å²) in [6.45, 7) is 0.655. The van der Waals surface area contributed by atoms with Gasteiger partial charge in [0, 0.05) is 34.2 Å². The van der Waals surface area contributed by atoms with Crippen molar-refractivity contribution in [2.45, 2.75) is 6.54 Å². The summed E-state index contributed by atoms with van der Waals surface area (Å²) in [4.78, 5) is 14.1. The number of aromatic nitrogens is 5. The maximum atomic E-state index is 4.37. The number of halogens is 1. The molecule has 0 aliphatic rings. The molecule has 0 atom stereocenters. The molecular weight excluding hydrogens is 354 g/mol. The van der Waals surface area contributed by atoms with Crippen LogP contribution in [0.15, 0.2) is 34.4 Å². The van der Waals surface area contributed by atoms with E-state index >= 15 is 0 Å². The first-order valence-corrected chi connectivity index (χ1v) is 7.82. The van der Waals surface area contributed by atoms with E-state index in [4.69, 9.17) is 0 Å². The number of hydrogen-bond acceptors (Lipinski definition) is 7. The predicted molar refractivity (Wildman–Crippen MR) is 85.8 cm³/mol. The Balaban J connectivity index is 1.82. The van der Waals surface area contributed by atoms with Crippen LogP contribution in [0.5, 0.6) is 0 Å². The van der Waals surface area contributed by atoms with E-state index in [1.54, 1.807) is 35.5 Å². The van der Waals surface area contributed by atoms with Crippen molar-refractivity contribution >= 4 is 39.2 Å². The van der Waals surface area contributed by atoms with Gasteiger partial charge in [0.25, 0.3) is 5.95 Å². The average molecular weight is 366 g/mol. The van der Waals surface area contributed by atoms with Crippen LogP contribution in [0.2, 0.25) is 0 Å². The molecule has 0 spiro atoms. The Morgan fingerprint density at radius 1 is 1.29 bits per heavy atom. The van der Waals surface area contributed by atoms with Crippen LogP contribution < -0.4 is 10.6 Å².